The normalized spacial score (nSPS) is 11.9. The van der Waals surface area contributed by atoms with Crippen molar-refractivity contribution >= 4 is 28.3 Å². The predicted molar refractivity (Wildman–Crippen MR) is 100 cm³/mol. The number of benzene rings is 1. The van der Waals surface area contributed by atoms with Crippen molar-refractivity contribution < 1.29 is 9.18 Å². The molecule has 0 aliphatic carbocycles. The van der Waals surface area contributed by atoms with E-state index in [4.69, 9.17) is 5.73 Å². The van der Waals surface area contributed by atoms with Gasteiger partial charge in [-0.05, 0) is 36.8 Å². The van der Waals surface area contributed by atoms with E-state index in [1.54, 1.807) is 37.4 Å². The molecule has 140 valence electrons. The number of primary amides is 1. The molecule has 0 bridgehead atoms. The SMILES string of the molecule is C/C(=N\NC(N)=O)c1ccc2nnc(Cc3cc4cccnc4cc3F)n2n1. The van der Waals surface area contributed by atoms with Crippen molar-refractivity contribution in [3.63, 3.8) is 0 Å². The number of amides is 2. The summed E-state index contributed by atoms with van der Waals surface area (Å²) in [6.45, 7) is 1.67. The van der Waals surface area contributed by atoms with Gasteiger partial charge in [-0.25, -0.2) is 14.6 Å². The molecule has 3 N–H and O–H groups in total. The second kappa shape index (κ2) is 6.99. The molecule has 0 aliphatic rings. The van der Waals surface area contributed by atoms with Gasteiger partial charge in [0, 0.05) is 24.1 Å². The van der Waals surface area contributed by atoms with E-state index in [0.717, 1.165) is 5.39 Å². The van der Waals surface area contributed by atoms with Gasteiger partial charge in [-0.1, -0.05) is 6.07 Å². The molecule has 0 unspecified atom stereocenters. The van der Waals surface area contributed by atoms with E-state index in [9.17, 15) is 9.18 Å². The minimum Gasteiger partial charge on any atom is -0.350 e. The standard InChI is InChI=1S/C18H15FN8O/c1-10(22-25-18(20)28)14-4-5-16-23-24-17(27(16)26-14)8-12-7-11-3-2-6-21-15(11)9-13(12)19/h2-7,9H,8H2,1H3,(H3,20,25,28)/b22-10+. The maximum Gasteiger partial charge on any atom is 0.332 e. The van der Waals surface area contributed by atoms with Crippen LogP contribution in [-0.2, 0) is 6.42 Å². The van der Waals surface area contributed by atoms with E-state index < -0.39 is 6.03 Å². The highest BCUT2D eigenvalue weighted by Crippen LogP contribution is 2.20. The Hall–Kier alpha value is -3.95. The third-order valence-corrected chi connectivity index (χ3v) is 4.15. The average molecular weight is 378 g/mol. The molecule has 0 fully saturated rings. The van der Waals surface area contributed by atoms with Gasteiger partial charge in [0.25, 0.3) is 0 Å². The van der Waals surface area contributed by atoms with E-state index in [1.807, 2.05) is 6.07 Å². The quantitative estimate of drug-likeness (QED) is 0.414. The Bertz CT molecular complexity index is 1230. The van der Waals surface area contributed by atoms with Gasteiger partial charge in [-0.3, -0.25) is 4.98 Å². The maximum atomic E-state index is 14.5. The highest BCUT2D eigenvalue weighted by Gasteiger charge is 2.13. The van der Waals surface area contributed by atoms with Crippen molar-refractivity contribution in [3.8, 4) is 0 Å². The van der Waals surface area contributed by atoms with Crippen LogP contribution in [0.2, 0.25) is 0 Å². The van der Waals surface area contributed by atoms with Crippen LogP contribution in [0.5, 0.6) is 0 Å². The molecule has 3 aromatic heterocycles. The summed E-state index contributed by atoms with van der Waals surface area (Å²) in [5.41, 5.74) is 9.67. The zero-order chi connectivity index (χ0) is 19.7. The molecule has 1 aromatic carbocycles. The Balaban J connectivity index is 1.71. The molecule has 4 aromatic rings. The molecule has 0 aliphatic heterocycles. The predicted octanol–water partition coefficient (Wildman–Crippen LogP) is 1.79. The first-order valence-corrected chi connectivity index (χ1v) is 8.36. The molecular weight excluding hydrogens is 363 g/mol. The molecule has 0 saturated carbocycles. The van der Waals surface area contributed by atoms with Crippen LogP contribution in [0.25, 0.3) is 16.6 Å². The third-order valence-electron chi connectivity index (χ3n) is 4.15. The highest BCUT2D eigenvalue weighted by molar-refractivity contribution is 5.97. The third kappa shape index (κ3) is 3.34. The summed E-state index contributed by atoms with van der Waals surface area (Å²) in [6.07, 6.45) is 1.82. The molecule has 3 heterocycles. The van der Waals surface area contributed by atoms with Crippen molar-refractivity contribution in [3.05, 3.63) is 65.5 Å². The van der Waals surface area contributed by atoms with Crippen LogP contribution in [0.3, 0.4) is 0 Å². The smallest absolute Gasteiger partial charge is 0.332 e. The topological polar surface area (TPSA) is 123 Å². The van der Waals surface area contributed by atoms with Gasteiger partial charge in [0.05, 0.1) is 11.2 Å². The number of rotatable bonds is 4. The number of urea groups is 1. The van der Waals surface area contributed by atoms with Crippen molar-refractivity contribution in [1.29, 1.82) is 0 Å². The number of hydrogen-bond acceptors (Lipinski definition) is 6. The van der Waals surface area contributed by atoms with Gasteiger partial charge in [0.15, 0.2) is 11.5 Å². The number of hydrazone groups is 1. The first-order valence-electron chi connectivity index (χ1n) is 8.36. The number of aromatic nitrogens is 5. The van der Waals surface area contributed by atoms with Crippen molar-refractivity contribution in [2.45, 2.75) is 13.3 Å². The highest BCUT2D eigenvalue weighted by atomic mass is 19.1. The zero-order valence-electron chi connectivity index (χ0n) is 14.8. The van der Waals surface area contributed by atoms with Gasteiger partial charge in [0.1, 0.15) is 11.5 Å². The number of nitrogens with one attached hydrogen (secondary N) is 1. The van der Waals surface area contributed by atoms with E-state index in [1.165, 1.54) is 10.6 Å². The lowest BCUT2D eigenvalue weighted by Gasteiger charge is -2.05. The van der Waals surface area contributed by atoms with Gasteiger partial charge >= 0.3 is 6.03 Å². The number of nitrogens with zero attached hydrogens (tertiary/aromatic N) is 6. The number of hydrogen-bond donors (Lipinski definition) is 2. The van der Waals surface area contributed by atoms with Gasteiger partial charge in [0.2, 0.25) is 0 Å². The van der Waals surface area contributed by atoms with Crippen molar-refractivity contribution in [2.24, 2.45) is 10.8 Å². The molecule has 9 nitrogen and oxygen atoms in total. The first kappa shape index (κ1) is 17.5. The summed E-state index contributed by atoms with van der Waals surface area (Å²) in [6, 6.07) is 9.44. The van der Waals surface area contributed by atoms with E-state index in [0.29, 0.717) is 34.0 Å². The maximum absolute atomic E-state index is 14.5. The van der Waals surface area contributed by atoms with Crippen LogP contribution in [0, 0.1) is 5.82 Å². The monoisotopic (exact) mass is 378 g/mol. The number of nitrogens with two attached hydrogens (primary N) is 1. The molecule has 2 amide bonds. The van der Waals surface area contributed by atoms with E-state index in [2.05, 4.69) is 30.8 Å². The fourth-order valence-corrected chi connectivity index (χ4v) is 2.78. The minimum atomic E-state index is -0.772. The fraction of sp³-hybridized carbons (Fsp3) is 0.111. The fourth-order valence-electron chi connectivity index (χ4n) is 2.78. The number of carbonyl (C=O) groups excluding carboxylic acids is 1. The number of halogens is 1. The Morgan fingerprint density at radius 2 is 2.14 bits per heavy atom. The minimum absolute atomic E-state index is 0.198. The number of fused-ring (bicyclic) bond motifs is 2. The van der Waals surface area contributed by atoms with Crippen LogP contribution in [0.4, 0.5) is 9.18 Å². The molecule has 0 spiro atoms. The molecule has 0 atom stereocenters. The van der Waals surface area contributed by atoms with E-state index in [-0.39, 0.29) is 12.2 Å². The molecule has 10 heteroatoms. The van der Waals surface area contributed by atoms with Crippen LogP contribution in [-0.4, -0.2) is 36.5 Å². The number of pyridine rings is 1. The van der Waals surface area contributed by atoms with Gasteiger partial charge in [-0.15, -0.1) is 10.2 Å². The zero-order valence-corrected chi connectivity index (χ0v) is 14.8. The van der Waals surface area contributed by atoms with Gasteiger partial charge in [-0.2, -0.15) is 14.7 Å². The summed E-state index contributed by atoms with van der Waals surface area (Å²) in [5.74, 6) is 0.0946. The second-order valence-electron chi connectivity index (χ2n) is 6.09. The Morgan fingerprint density at radius 1 is 1.29 bits per heavy atom. The molecule has 4 rings (SSSR count). The lowest BCUT2D eigenvalue weighted by molar-refractivity contribution is 0.249. The Labute approximate surface area is 158 Å². The van der Waals surface area contributed by atoms with Crippen LogP contribution < -0.4 is 11.2 Å². The van der Waals surface area contributed by atoms with Crippen molar-refractivity contribution in [2.75, 3.05) is 0 Å². The lowest BCUT2D eigenvalue weighted by atomic mass is 10.1. The number of carbonyl (C=O) groups is 1. The summed E-state index contributed by atoms with van der Waals surface area (Å²) in [4.78, 5) is 15.0. The molecule has 0 radical (unpaired) electrons. The van der Waals surface area contributed by atoms with Crippen molar-refractivity contribution in [1.82, 2.24) is 30.2 Å². The molecule has 0 saturated heterocycles. The first-order chi connectivity index (χ1) is 13.5. The largest absolute Gasteiger partial charge is 0.350 e. The van der Waals surface area contributed by atoms with Crippen LogP contribution >= 0.6 is 0 Å². The average Bonchev–Trinajstić information content (AvgIpc) is 3.08. The lowest BCUT2D eigenvalue weighted by Crippen LogP contribution is -2.25. The van der Waals surface area contributed by atoms with E-state index >= 15 is 0 Å². The summed E-state index contributed by atoms with van der Waals surface area (Å²) >= 11 is 0. The molecule has 28 heavy (non-hydrogen) atoms. The van der Waals surface area contributed by atoms with Crippen LogP contribution in [0.1, 0.15) is 24.0 Å². The Kier molecular flexibility index (Phi) is 4.36. The summed E-state index contributed by atoms with van der Waals surface area (Å²) in [7, 11) is 0. The Morgan fingerprint density at radius 3 is 2.96 bits per heavy atom. The second-order valence-corrected chi connectivity index (χ2v) is 6.09. The summed E-state index contributed by atoms with van der Waals surface area (Å²) < 4.78 is 16.0. The van der Waals surface area contributed by atoms with Gasteiger partial charge < -0.3 is 5.73 Å². The van der Waals surface area contributed by atoms with Crippen LogP contribution in [0.15, 0.2) is 47.7 Å². The molecular formula is C18H15FN8O. The summed E-state index contributed by atoms with van der Waals surface area (Å²) in [5, 5.41) is 17.3.